The third-order valence-corrected chi connectivity index (χ3v) is 21.7. The molecule has 0 bridgehead atoms. The molecule has 14 rings (SSSR count). The number of ether oxygens (including phenoxy) is 5. The number of rotatable bonds is 17. The predicted molar refractivity (Wildman–Crippen MR) is 466 cm³/mol. The summed E-state index contributed by atoms with van der Waals surface area (Å²) in [5.74, 6) is 3.95. The van der Waals surface area contributed by atoms with E-state index in [0.29, 0.717) is 119 Å². The molecule has 4 aromatic heterocycles. The summed E-state index contributed by atoms with van der Waals surface area (Å²) in [5, 5.41) is 5.20. The van der Waals surface area contributed by atoms with E-state index in [2.05, 4.69) is 164 Å². The molecule has 6 aromatic carbocycles. The van der Waals surface area contributed by atoms with Gasteiger partial charge < -0.3 is 23.7 Å². The van der Waals surface area contributed by atoms with E-state index in [1.165, 1.54) is 58.0 Å². The van der Waals surface area contributed by atoms with Crippen molar-refractivity contribution >= 4 is 152 Å². The number of nitrogens with zero attached hydrogens (tertiary/aromatic N) is 7. The second kappa shape index (κ2) is 41.6. The van der Waals surface area contributed by atoms with Gasteiger partial charge in [-0.25, -0.2) is 40.2 Å². The van der Waals surface area contributed by atoms with Crippen LogP contribution < -0.4 is 23.6 Å². The number of fused-ring (bicyclic) bond motifs is 6. The average Bonchev–Trinajstić information content (AvgIpc) is 0.901. The first-order valence-corrected chi connectivity index (χ1v) is 46.6. The van der Waals surface area contributed by atoms with Crippen LogP contribution in [-0.4, -0.2) is 127 Å². The van der Waals surface area contributed by atoms with Crippen LogP contribution in [0.2, 0.25) is 10.0 Å². The van der Waals surface area contributed by atoms with Gasteiger partial charge in [0.15, 0.2) is 0 Å². The van der Waals surface area contributed by atoms with Gasteiger partial charge in [0.2, 0.25) is 37.7 Å². The molecular formula is C85H104Cl4N10NiO11S3. The Morgan fingerprint density at radius 3 is 1.37 bits per heavy atom. The van der Waals surface area contributed by atoms with E-state index in [1.54, 1.807) is 48.5 Å². The monoisotopic (exact) mass is 1730 g/mol. The van der Waals surface area contributed by atoms with Gasteiger partial charge >= 0.3 is 33.0 Å². The van der Waals surface area contributed by atoms with Crippen molar-refractivity contribution in [2.24, 2.45) is 38.6 Å². The van der Waals surface area contributed by atoms with Crippen molar-refractivity contribution in [1.82, 2.24) is 19.9 Å². The van der Waals surface area contributed by atoms with Gasteiger partial charge in [0.05, 0.1) is 93.2 Å². The van der Waals surface area contributed by atoms with Crippen LogP contribution in [0.5, 0.6) is 11.5 Å². The average molecular weight is 1740 g/mol. The topological polar surface area (TPSA) is 273 Å². The summed E-state index contributed by atoms with van der Waals surface area (Å²) in [6.45, 7) is 32.8. The van der Waals surface area contributed by atoms with Crippen molar-refractivity contribution in [2.45, 2.75) is 165 Å². The number of nitrogens with one attached hydrogen (secondary N) is 3. The summed E-state index contributed by atoms with van der Waals surface area (Å²) in [6.07, 6.45) is 7.11. The summed E-state index contributed by atoms with van der Waals surface area (Å²) in [6, 6.07) is 43.4. The summed E-state index contributed by atoms with van der Waals surface area (Å²) in [4.78, 5) is 32.4. The molecule has 7 heterocycles. The Morgan fingerprint density at radius 2 is 0.939 bits per heavy atom. The van der Waals surface area contributed by atoms with Gasteiger partial charge in [0, 0.05) is 54.4 Å². The zero-order valence-electron chi connectivity index (χ0n) is 67.7. The molecule has 4 aliphatic rings. The predicted octanol–water partition coefficient (Wildman–Crippen LogP) is 20.2. The molecule has 3 N–H and O–H groups in total. The van der Waals surface area contributed by atoms with Crippen LogP contribution in [0.1, 0.15) is 146 Å². The molecule has 6 atom stereocenters. The summed E-state index contributed by atoms with van der Waals surface area (Å²) < 4.78 is 109. The molecular weight excluding hydrogens is 1630 g/mol. The zero-order chi connectivity index (χ0) is 83.5. The maximum atomic E-state index is 13.4. The molecule has 1 aliphatic carbocycles. The van der Waals surface area contributed by atoms with Gasteiger partial charge in [-0.2, -0.15) is 0 Å². The minimum atomic E-state index is -4.03. The van der Waals surface area contributed by atoms with E-state index >= 15 is 0 Å². The Bertz CT molecular complexity index is 5330. The van der Waals surface area contributed by atoms with Crippen LogP contribution in [0.3, 0.4) is 0 Å². The van der Waals surface area contributed by atoms with Gasteiger partial charge in [0.25, 0.3) is 10.0 Å². The summed E-state index contributed by atoms with van der Waals surface area (Å²) in [7, 11) is 0.120. The second-order valence-electron chi connectivity index (χ2n) is 29.0. The molecule has 2 unspecified atom stereocenters. The van der Waals surface area contributed by atoms with Crippen LogP contribution in [-0.2, 0) is 69.8 Å². The third kappa shape index (κ3) is 25.2. The van der Waals surface area contributed by atoms with Crippen LogP contribution in [0.15, 0.2) is 159 Å². The number of aryl methyl sites for hydroxylation is 6. The number of hydrogen-bond donors (Lipinski definition) is 3. The van der Waals surface area contributed by atoms with E-state index in [4.69, 9.17) is 82.2 Å². The van der Waals surface area contributed by atoms with E-state index in [9.17, 15) is 25.3 Å². The normalized spacial score (nSPS) is 17.7. The number of aliphatic imine (C=N–C) groups is 3. The first-order chi connectivity index (χ1) is 54.1. The molecule has 0 radical (unpaired) electrons. The summed E-state index contributed by atoms with van der Waals surface area (Å²) in [5.41, 5.74) is 13.9. The Balaban J connectivity index is 0.000000181. The van der Waals surface area contributed by atoms with Gasteiger partial charge in [0.1, 0.15) is 42.7 Å². The Labute approximate surface area is 697 Å². The van der Waals surface area contributed by atoms with Crippen LogP contribution in [0.25, 0.3) is 43.6 Å². The van der Waals surface area contributed by atoms with Crippen molar-refractivity contribution < 1.29 is 61.6 Å². The standard InChI is InChI=1S/C26H32Cl2N2O4S.2C16H16N2.C14H20N2O4S.C11H14N2O3S.C2H6.2ClH.Ni/c1-15(2)23-14-33-26(29-23)22-6-5-7-24(34-20-9-16(3)8-17(4)10-20)25(22)30-35(31,32)21-12-18(27)11-19(28)13-21;1-9-7-11(3)17-15-13(9)5-6-14-10(2)8-12(4)18-16(14)15;1-3-13-9-7-11-5-6-12-8-10-14(4-2)18-16(12)15(11)17-13;1-9(2)11-8-20-14(15-11)10-6-5-7-12(19-3)13(10)16-21(4,17)18;1-8-7-16-11(12-8)9-5-3-4-6-10(9)13-17(2,14)15;1-2;;;/h5-7,11-13,15-17,20,23,30H,8-10,14H2,1-4H3;5-8H,1-4H3;5-10H,3-4H2,1-2H3;5-7,9,11,16H,8H2,1-4H3;3-6,8,13H,7H2,1-2H3;1-2H3;2*1H;/q;;;;;;;;+2/p-2/t16-,17+,20?,23-;;;11-;;;;;/m0..0...../s1. The molecule has 3 aliphatic heterocycles. The molecule has 0 amide bonds. The molecule has 10 aromatic rings. The number of anilines is 3. The van der Waals surface area contributed by atoms with Gasteiger partial charge in [-0.15, -0.1) is 0 Å². The van der Waals surface area contributed by atoms with Crippen molar-refractivity contribution in [2.75, 3.05) is 53.6 Å². The summed E-state index contributed by atoms with van der Waals surface area (Å²) >= 11 is 12.7. The number of halogens is 4. The number of para-hydroxylation sites is 3. The SMILES string of the molecule is CC.CC(C)[C@@H]1COC(c2cccc(OC3C[C@@H](C)C[C@@H](C)C3)c2NS(=O)(=O)c2cc(Cl)cc(Cl)c2)=N1.CC1COC(c2ccccc2NS(C)(=O)=O)=N1.CCc1ccc2ccc3ccc(CC)nc3c2n1.COc1cccc(C2=N[C@H](C(C)C)CO2)c1NS(C)(=O)=O.Cc1cc(C)c2ccc3c(C)cc(C)nc3c2n1.[Cl][Ni][Cl]. The maximum absolute atomic E-state index is 13.4. The fourth-order valence-corrected chi connectivity index (χ4v) is 16.3. The number of sulfonamides is 3. The fraction of sp³-hybridized carbons (Fsp3) is 0.400. The Kier molecular flexibility index (Phi) is 33.4. The van der Waals surface area contributed by atoms with Crippen LogP contribution in [0.4, 0.5) is 17.1 Å². The van der Waals surface area contributed by atoms with Crippen molar-refractivity contribution in [3.63, 3.8) is 0 Å². The molecule has 616 valence electrons. The Hall–Kier alpha value is -8.13. The zero-order valence-corrected chi connectivity index (χ0v) is 74.2. The van der Waals surface area contributed by atoms with E-state index in [0.717, 1.165) is 89.5 Å². The van der Waals surface area contributed by atoms with Crippen molar-refractivity contribution in [1.29, 1.82) is 0 Å². The van der Waals surface area contributed by atoms with E-state index in [-0.39, 0.29) is 39.2 Å². The molecule has 29 heteroatoms. The molecule has 1 fully saturated rings. The van der Waals surface area contributed by atoms with E-state index in [1.807, 2.05) is 46.8 Å². The van der Waals surface area contributed by atoms with Gasteiger partial charge in [-0.1, -0.05) is 153 Å². The van der Waals surface area contributed by atoms with Gasteiger partial charge in [-0.05, 0) is 180 Å². The molecule has 21 nitrogen and oxygen atoms in total. The minimum absolute atomic E-state index is 0.00538. The molecule has 114 heavy (non-hydrogen) atoms. The van der Waals surface area contributed by atoms with Crippen molar-refractivity contribution in [3.05, 3.63) is 200 Å². The first kappa shape index (κ1) is 91.4. The number of pyridine rings is 4. The number of aromatic nitrogens is 4. The first-order valence-electron chi connectivity index (χ1n) is 37.9. The van der Waals surface area contributed by atoms with Crippen LogP contribution in [0, 0.1) is 51.4 Å². The fourth-order valence-electron chi connectivity index (χ4n) is 13.3. The third-order valence-electron chi connectivity index (χ3n) is 18.8. The van der Waals surface area contributed by atoms with Gasteiger partial charge in [-0.3, -0.25) is 34.1 Å². The Morgan fingerprint density at radius 1 is 0.509 bits per heavy atom. The quantitative estimate of drug-likeness (QED) is 0.0565. The number of hydrogen-bond acceptors (Lipinski definition) is 18. The van der Waals surface area contributed by atoms with Crippen LogP contribution >= 0.6 is 43.6 Å². The second-order valence-corrected chi connectivity index (χ2v) is 36.7. The number of methoxy groups -OCH3 is 1. The number of benzene rings is 6. The molecule has 0 saturated heterocycles. The van der Waals surface area contributed by atoms with E-state index < -0.39 is 30.1 Å². The van der Waals surface area contributed by atoms with Crippen molar-refractivity contribution in [3.8, 4) is 11.5 Å². The molecule has 1 saturated carbocycles. The molecule has 0 spiro atoms.